The predicted octanol–water partition coefficient (Wildman–Crippen LogP) is 4.05. The van der Waals surface area contributed by atoms with Gasteiger partial charge in [-0.1, -0.05) is 6.07 Å². The fraction of sp³-hybridized carbons (Fsp3) is 0.278. The molecule has 8 heteroatoms. The van der Waals surface area contributed by atoms with Crippen molar-refractivity contribution in [1.82, 2.24) is 4.98 Å². The van der Waals surface area contributed by atoms with Crippen molar-refractivity contribution in [1.29, 1.82) is 0 Å². The summed E-state index contributed by atoms with van der Waals surface area (Å²) in [5.41, 5.74) is 1.55. The molecule has 0 bridgehead atoms. The normalized spacial score (nSPS) is 12.6. The van der Waals surface area contributed by atoms with Crippen LogP contribution in [-0.2, 0) is 5.92 Å². The molecular formula is C18H19F3N4O. The molecule has 0 amide bonds. The molecule has 1 heterocycles. The Kier molecular flexibility index (Phi) is 5.97. The minimum atomic E-state index is -3.31. The van der Waals surface area contributed by atoms with E-state index in [9.17, 15) is 13.2 Å². The third kappa shape index (κ3) is 5.05. The van der Waals surface area contributed by atoms with E-state index in [-0.39, 0.29) is 18.0 Å². The van der Waals surface area contributed by atoms with E-state index >= 15 is 0 Å². The average molecular weight is 364 g/mol. The van der Waals surface area contributed by atoms with E-state index in [1.807, 2.05) is 19.9 Å². The molecule has 0 atom stereocenters. The number of pyridine rings is 1. The number of nitrogens with zero attached hydrogens (tertiary/aromatic N) is 3. The number of ether oxygens (including phenoxy) is 1. The Morgan fingerprint density at radius 2 is 2.00 bits per heavy atom. The van der Waals surface area contributed by atoms with Crippen molar-refractivity contribution in [2.24, 2.45) is 15.9 Å². The van der Waals surface area contributed by atoms with Gasteiger partial charge < -0.3 is 10.6 Å². The first-order chi connectivity index (χ1) is 12.2. The summed E-state index contributed by atoms with van der Waals surface area (Å²) in [6.07, 6.45) is 1.27. The molecule has 0 saturated carbocycles. The zero-order valence-electron chi connectivity index (χ0n) is 14.6. The smallest absolute Gasteiger partial charge is 0.273 e. The quantitative estimate of drug-likeness (QED) is 0.477. The minimum Gasteiger partial charge on any atom is -0.471 e. The molecule has 2 aromatic rings. The number of alkyl halides is 2. The highest BCUT2D eigenvalue weighted by atomic mass is 19.3. The number of nitrogens with two attached hydrogens (primary N) is 1. The Balaban J connectivity index is 2.09. The number of rotatable bonds is 6. The number of hydrogen-bond donors (Lipinski definition) is 1. The number of aryl methyl sites for hydroxylation is 2. The number of halogens is 3. The van der Waals surface area contributed by atoms with Gasteiger partial charge in [-0.05, 0) is 37.6 Å². The van der Waals surface area contributed by atoms with Crippen LogP contribution in [-0.4, -0.2) is 23.5 Å². The highest BCUT2D eigenvalue weighted by Gasteiger charge is 2.28. The van der Waals surface area contributed by atoms with E-state index in [0.29, 0.717) is 12.8 Å². The molecular weight excluding hydrogens is 345 g/mol. The number of aliphatic imine (C=N–C) groups is 1. The largest absolute Gasteiger partial charge is 0.471 e. The van der Waals surface area contributed by atoms with Gasteiger partial charge in [0.25, 0.3) is 5.92 Å². The van der Waals surface area contributed by atoms with Crippen LogP contribution in [0.15, 0.2) is 40.4 Å². The molecule has 138 valence electrons. The summed E-state index contributed by atoms with van der Waals surface area (Å²) in [5, 5.41) is 3.54. The number of hydrazone groups is 1. The second-order valence-corrected chi connectivity index (χ2v) is 5.77. The van der Waals surface area contributed by atoms with Crippen molar-refractivity contribution in [3.8, 4) is 5.88 Å². The fourth-order valence-electron chi connectivity index (χ4n) is 2.02. The summed E-state index contributed by atoms with van der Waals surface area (Å²) in [5.74, 6) is 1.40. The van der Waals surface area contributed by atoms with E-state index < -0.39 is 17.3 Å². The van der Waals surface area contributed by atoms with Gasteiger partial charge in [-0.3, -0.25) is 4.99 Å². The Morgan fingerprint density at radius 1 is 1.27 bits per heavy atom. The zero-order chi connectivity index (χ0) is 19.3. The standard InChI is InChI=1S/C18H19F3N4O/c1-11-4-7-17(24-12(11)2)26-10-14(25-22)9-23-13-5-6-16(19)15(8-13)18(3,20)21/h4-9H,10,22H2,1-3H3. The Bertz CT molecular complexity index is 845. The Morgan fingerprint density at radius 3 is 2.62 bits per heavy atom. The highest BCUT2D eigenvalue weighted by molar-refractivity contribution is 6.31. The molecule has 5 nitrogen and oxygen atoms in total. The predicted molar refractivity (Wildman–Crippen MR) is 94.9 cm³/mol. The summed E-state index contributed by atoms with van der Waals surface area (Å²) in [4.78, 5) is 8.26. The maximum atomic E-state index is 13.5. The van der Waals surface area contributed by atoms with Gasteiger partial charge in [0.15, 0.2) is 0 Å². The van der Waals surface area contributed by atoms with Crippen molar-refractivity contribution in [3.05, 3.63) is 53.0 Å². The molecule has 0 radical (unpaired) electrons. The highest BCUT2D eigenvalue weighted by Crippen LogP contribution is 2.31. The van der Waals surface area contributed by atoms with E-state index in [1.54, 1.807) is 6.07 Å². The fourth-order valence-corrected chi connectivity index (χ4v) is 2.02. The van der Waals surface area contributed by atoms with Gasteiger partial charge in [-0.2, -0.15) is 5.10 Å². The maximum absolute atomic E-state index is 13.5. The third-order valence-electron chi connectivity index (χ3n) is 3.64. The lowest BCUT2D eigenvalue weighted by molar-refractivity contribution is 0.0138. The van der Waals surface area contributed by atoms with Crippen LogP contribution in [0.2, 0.25) is 0 Å². The summed E-state index contributed by atoms with van der Waals surface area (Å²) >= 11 is 0. The van der Waals surface area contributed by atoms with Gasteiger partial charge in [-0.25, -0.2) is 18.2 Å². The van der Waals surface area contributed by atoms with Crippen LogP contribution in [0.5, 0.6) is 5.88 Å². The lowest BCUT2D eigenvalue weighted by Crippen LogP contribution is -2.15. The van der Waals surface area contributed by atoms with Crippen LogP contribution in [0.1, 0.15) is 23.7 Å². The monoisotopic (exact) mass is 364 g/mol. The van der Waals surface area contributed by atoms with Gasteiger partial charge in [0.05, 0.1) is 17.5 Å². The lowest BCUT2D eigenvalue weighted by Gasteiger charge is -2.11. The van der Waals surface area contributed by atoms with Gasteiger partial charge >= 0.3 is 0 Å². The van der Waals surface area contributed by atoms with E-state index in [1.165, 1.54) is 12.3 Å². The Hall–Kier alpha value is -2.90. The second kappa shape index (κ2) is 7.99. The first-order valence-electron chi connectivity index (χ1n) is 7.76. The third-order valence-corrected chi connectivity index (χ3v) is 3.64. The Labute approximate surface area is 149 Å². The topological polar surface area (TPSA) is 72.9 Å². The van der Waals surface area contributed by atoms with Gasteiger partial charge in [-0.15, -0.1) is 0 Å². The number of benzene rings is 1. The lowest BCUT2D eigenvalue weighted by atomic mass is 10.1. The minimum absolute atomic E-state index is 0.00646. The molecule has 0 aliphatic heterocycles. The van der Waals surface area contributed by atoms with Crippen molar-refractivity contribution in [3.63, 3.8) is 0 Å². The van der Waals surface area contributed by atoms with Crippen LogP contribution >= 0.6 is 0 Å². The van der Waals surface area contributed by atoms with Crippen LogP contribution in [0.4, 0.5) is 18.9 Å². The first-order valence-corrected chi connectivity index (χ1v) is 7.76. The molecule has 0 aliphatic rings. The second-order valence-electron chi connectivity index (χ2n) is 5.77. The van der Waals surface area contributed by atoms with Crippen molar-refractivity contribution >= 4 is 17.6 Å². The van der Waals surface area contributed by atoms with Crippen LogP contribution in [0.25, 0.3) is 0 Å². The van der Waals surface area contributed by atoms with E-state index in [2.05, 4.69) is 15.1 Å². The molecule has 1 aromatic heterocycles. The molecule has 0 spiro atoms. The average Bonchev–Trinajstić information content (AvgIpc) is 2.58. The molecule has 26 heavy (non-hydrogen) atoms. The molecule has 0 saturated heterocycles. The number of hydrogen-bond acceptors (Lipinski definition) is 5. The molecule has 2 rings (SSSR count). The van der Waals surface area contributed by atoms with Crippen molar-refractivity contribution < 1.29 is 17.9 Å². The molecule has 0 aliphatic carbocycles. The van der Waals surface area contributed by atoms with E-state index in [0.717, 1.165) is 23.4 Å². The van der Waals surface area contributed by atoms with Gasteiger partial charge in [0.1, 0.15) is 18.1 Å². The maximum Gasteiger partial charge on any atom is 0.273 e. The molecule has 2 N–H and O–H groups in total. The van der Waals surface area contributed by atoms with Crippen LogP contribution in [0, 0.1) is 19.7 Å². The SMILES string of the molecule is Cc1ccc(OCC(C=Nc2ccc(F)c(C(C)(F)F)c2)=NN)nc1C. The van der Waals surface area contributed by atoms with E-state index in [4.69, 9.17) is 10.6 Å². The summed E-state index contributed by atoms with van der Waals surface area (Å²) in [6.45, 7) is 4.41. The molecule has 1 aromatic carbocycles. The number of aromatic nitrogens is 1. The van der Waals surface area contributed by atoms with Gasteiger partial charge in [0, 0.05) is 18.7 Å². The van der Waals surface area contributed by atoms with Gasteiger partial charge in [0.2, 0.25) is 5.88 Å². The van der Waals surface area contributed by atoms with Crippen molar-refractivity contribution in [2.75, 3.05) is 6.61 Å². The summed E-state index contributed by atoms with van der Waals surface area (Å²) in [7, 11) is 0. The van der Waals surface area contributed by atoms with Crippen molar-refractivity contribution in [2.45, 2.75) is 26.7 Å². The first kappa shape index (κ1) is 19.4. The van der Waals surface area contributed by atoms with Crippen LogP contribution in [0.3, 0.4) is 0 Å². The zero-order valence-corrected chi connectivity index (χ0v) is 14.6. The van der Waals surface area contributed by atoms with Crippen LogP contribution < -0.4 is 10.6 Å². The summed E-state index contributed by atoms with van der Waals surface area (Å²) < 4.78 is 45.7. The molecule has 0 fully saturated rings. The summed E-state index contributed by atoms with van der Waals surface area (Å²) in [6, 6.07) is 6.78. The molecule has 0 unspecified atom stereocenters.